The number of anilines is 1. The van der Waals surface area contributed by atoms with E-state index in [9.17, 15) is 13.9 Å². The second-order valence-electron chi connectivity index (χ2n) is 5.91. The quantitative estimate of drug-likeness (QED) is 0.567. The van der Waals surface area contributed by atoms with Crippen molar-refractivity contribution < 1.29 is 13.9 Å². The van der Waals surface area contributed by atoms with Crippen LogP contribution in [0, 0.1) is 11.6 Å². The molecule has 8 heteroatoms. The molecule has 0 aliphatic rings. The fraction of sp³-hybridized carbons (Fsp3) is 0.105. The van der Waals surface area contributed by atoms with Crippen LogP contribution in [0.3, 0.4) is 0 Å². The van der Waals surface area contributed by atoms with Gasteiger partial charge in [-0.25, -0.2) is 8.78 Å². The first-order valence-electron chi connectivity index (χ1n) is 8.27. The number of aliphatic hydroxyl groups is 1. The van der Waals surface area contributed by atoms with Gasteiger partial charge in [-0.15, -0.1) is 15.3 Å². The van der Waals surface area contributed by atoms with E-state index in [1.54, 1.807) is 42.5 Å². The molecule has 136 valence electrons. The summed E-state index contributed by atoms with van der Waals surface area (Å²) in [5, 5.41) is 25.5. The van der Waals surface area contributed by atoms with Gasteiger partial charge in [0.15, 0.2) is 11.5 Å². The van der Waals surface area contributed by atoms with Crippen LogP contribution < -0.4 is 5.32 Å². The first-order valence-corrected chi connectivity index (χ1v) is 8.27. The molecular formula is C19H15F2N5O. The molecule has 27 heavy (non-hydrogen) atoms. The van der Waals surface area contributed by atoms with E-state index >= 15 is 0 Å². The van der Waals surface area contributed by atoms with Gasteiger partial charge in [-0.3, -0.25) is 0 Å². The third kappa shape index (κ3) is 3.34. The van der Waals surface area contributed by atoms with Gasteiger partial charge in [-0.05, 0) is 30.3 Å². The Morgan fingerprint density at radius 3 is 2.44 bits per heavy atom. The summed E-state index contributed by atoms with van der Waals surface area (Å²) >= 11 is 0. The van der Waals surface area contributed by atoms with Crippen LogP contribution in [-0.2, 0) is 0 Å². The molecule has 0 fully saturated rings. The van der Waals surface area contributed by atoms with Crippen molar-refractivity contribution in [1.29, 1.82) is 0 Å². The molecule has 1 atom stereocenters. The van der Waals surface area contributed by atoms with Crippen LogP contribution >= 0.6 is 0 Å². The van der Waals surface area contributed by atoms with Crippen LogP contribution in [-0.4, -0.2) is 31.5 Å². The smallest absolute Gasteiger partial charge is 0.188 e. The number of halogens is 2. The number of aliphatic hydroxyl groups excluding tert-OH is 1. The van der Waals surface area contributed by atoms with Crippen molar-refractivity contribution in [2.24, 2.45) is 0 Å². The van der Waals surface area contributed by atoms with Crippen molar-refractivity contribution in [3.8, 4) is 11.4 Å². The average Bonchev–Trinajstić information content (AvgIpc) is 3.10. The lowest BCUT2D eigenvalue weighted by molar-refractivity contribution is 0.186. The van der Waals surface area contributed by atoms with Crippen LogP contribution in [0.2, 0.25) is 0 Å². The number of rotatable bonds is 5. The van der Waals surface area contributed by atoms with Crippen molar-refractivity contribution in [2.75, 3.05) is 11.9 Å². The largest absolute Gasteiger partial charge is 0.386 e. The highest BCUT2D eigenvalue weighted by atomic mass is 19.1. The number of benzene rings is 2. The second-order valence-corrected chi connectivity index (χ2v) is 5.91. The van der Waals surface area contributed by atoms with Gasteiger partial charge in [0.05, 0.1) is 11.7 Å². The Morgan fingerprint density at radius 2 is 1.67 bits per heavy atom. The van der Waals surface area contributed by atoms with Gasteiger partial charge in [0.1, 0.15) is 17.5 Å². The topological polar surface area (TPSA) is 75.3 Å². The van der Waals surface area contributed by atoms with E-state index in [0.29, 0.717) is 11.5 Å². The summed E-state index contributed by atoms with van der Waals surface area (Å²) in [5.41, 5.74) is 0.928. The van der Waals surface area contributed by atoms with Gasteiger partial charge in [-0.2, -0.15) is 4.52 Å². The molecule has 6 nitrogen and oxygen atoms in total. The Balaban J connectivity index is 1.59. The van der Waals surface area contributed by atoms with E-state index in [4.69, 9.17) is 0 Å². The zero-order chi connectivity index (χ0) is 18.8. The summed E-state index contributed by atoms with van der Waals surface area (Å²) in [6.45, 7) is 0.0522. The molecule has 2 heterocycles. The predicted molar refractivity (Wildman–Crippen MR) is 96.0 cm³/mol. The highest BCUT2D eigenvalue weighted by molar-refractivity contribution is 5.60. The van der Waals surface area contributed by atoms with Crippen LogP contribution in [0.5, 0.6) is 0 Å². The van der Waals surface area contributed by atoms with E-state index in [2.05, 4.69) is 20.6 Å². The molecule has 4 rings (SSSR count). The molecule has 0 saturated carbocycles. The molecule has 0 amide bonds. The van der Waals surface area contributed by atoms with E-state index in [1.165, 1.54) is 22.7 Å². The highest BCUT2D eigenvalue weighted by Crippen LogP contribution is 2.22. The molecule has 0 bridgehead atoms. The number of hydrogen-bond acceptors (Lipinski definition) is 5. The Morgan fingerprint density at radius 1 is 0.926 bits per heavy atom. The maximum atomic E-state index is 14.1. The third-order valence-corrected chi connectivity index (χ3v) is 4.12. The van der Waals surface area contributed by atoms with E-state index in [1.807, 2.05) is 0 Å². The standard InChI is InChI=1S/C19H15F2N5O/c20-14-7-3-1-5-12(14)16(27)11-22-17-9-10-18-23-24-19(26(18)25-17)13-6-2-4-8-15(13)21/h1-10,16,27H,11H2,(H,22,25). The van der Waals surface area contributed by atoms with Gasteiger partial charge in [0.25, 0.3) is 0 Å². The lowest BCUT2D eigenvalue weighted by atomic mass is 10.1. The Kier molecular flexibility index (Phi) is 4.47. The summed E-state index contributed by atoms with van der Waals surface area (Å²) in [6, 6.07) is 15.6. The third-order valence-electron chi connectivity index (χ3n) is 4.12. The molecule has 2 aromatic carbocycles. The highest BCUT2D eigenvalue weighted by Gasteiger charge is 2.15. The van der Waals surface area contributed by atoms with E-state index in [-0.39, 0.29) is 23.5 Å². The van der Waals surface area contributed by atoms with Crippen LogP contribution in [0.4, 0.5) is 14.6 Å². The molecular weight excluding hydrogens is 352 g/mol. The molecule has 2 N–H and O–H groups in total. The molecule has 1 unspecified atom stereocenters. The van der Waals surface area contributed by atoms with Crippen molar-refractivity contribution in [2.45, 2.75) is 6.10 Å². The van der Waals surface area contributed by atoms with E-state index in [0.717, 1.165) is 0 Å². The van der Waals surface area contributed by atoms with Gasteiger partial charge in [0, 0.05) is 12.1 Å². The Bertz CT molecular complexity index is 1100. The zero-order valence-electron chi connectivity index (χ0n) is 14.0. The minimum Gasteiger partial charge on any atom is -0.386 e. The lowest BCUT2D eigenvalue weighted by Crippen LogP contribution is -2.15. The number of nitrogens with one attached hydrogen (secondary N) is 1. The molecule has 2 aromatic heterocycles. The fourth-order valence-corrected chi connectivity index (χ4v) is 2.75. The van der Waals surface area contributed by atoms with Crippen molar-refractivity contribution in [3.63, 3.8) is 0 Å². The molecule has 0 saturated heterocycles. The maximum Gasteiger partial charge on any atom is 0.188 e. The van der Waals surface area contributed by atoms with Crippen molar-refractivity contribution in [1.82, 2.24) is 19.8 Å². The summed E-state index contributed by atoms with van der Waals surface area (Å²) in [6.07, 6.45) is -1.05. The van der Waals surface area contributed by atoms with Crippen LogP contribution in [0.1, 0.15) is 11.7 Å². The summed E-state index contributed by atoms with van der Waals surface area (Å²) in [4.78, 5) is 0. The molecule has 0 aliphatic heterocycles. The minimum atomic E-state index is -1.05. The minimum absolute atomic E-state index is 0.0522. The van der Waals surface area contributed by atoms with Gasteiger partial charge < -0.3 is 10.4 Å². The Hall–Kier alpha value is -3.39. The number of hydrogen-bond donors (Lipinski definition) is 2. The van der Waals surface area contributed by atoms with E-state index < -0.39 is 17.7 Å². The summed E-state index contributed by atoms with van der Waals surface area (Å²) in [7, 11) is 0. The Labute approximate surface area is 153 Å². The molecule has 4 aromatic rings. The first kappa shape index (κ1) is 17.0. The first-order chi connectivity index (χ1) is 13.1. The normalized spacial score (nSPS) is 12.3. The van der Waals surface area contributed by atoms with Crippen molar-refractivity contribution >= 4 is 11.5 Å². The van der Waals surface area contributed by atoms with Crippen LogP contribution in [0.15, 0.2) is 60.7 Å². The number of aromatic nitrogens is 4. The lowest BCUT2D eigenvalue weighted by Gasteiger charge is -2.13. The van der Waals surface area contributed by atoms with Gasteiger partial charge in [0.2, 0.25) is 0 Å². The maximum absolute atomic E-state index is 14.1. The van der Waals surface area contributed by atoms with Crippen molar-refractivity contribution in [3.05, 3.63) is 77.9 Å². The zero-order valence-corrected chi connectivity index (χ0v) is 14.0. The second kappa shape index (κ2) is 7.08. The number of fused-ring (bicyclic) bond motifs is 1. The van der Waals surface area contributed by atoms with Crippen LogP contribution in [0.25, 0.3) is 17.0 Å². The summed E-state index contributed by atoms with van der Waals surface area (Å²) < 4.78 is 29.2. The monoisotopic (exact) mass is 367 g/mol. The van der Waals surface area contributed by atoms with Gasteiger partial charge >= 0.3 is 0 Å². The predicted octanol–water partition coefficient (Wildman–Crippen LogP) is 3.22. The van der Waals surface area contributed by atoms with Gasteiger partial charge in [-0.1, -0.05) is 30.3 Å². The fourth-order valence-electron chi connectivity index (χ4n) is 2.75. The molecule has 0 aliphatic carbocycles. The average molecular weight is 367 g/mol. The number of nitrogens with zero attached hydrogens (tertiary/aromatic N) is 4. The summed E-state index contributed by atoms with van der Waals surface area (Å²) in [5.74, 6) is -0.227. The molecule has 0 spiro atoms. The SMILES string of the molecule is OC(CNc1ccc2nnc(-c3ccccc3F)n2n1)c1ccccc1F. The molecule has 0 radical (unpaired) electrons.